The number of amides is 1. The molecule has 0 aliphatic rings. The zero-order valence-corrected chi connectivity index (χ0v) is 11.6. The van der Waals surface area contributed by atoms with Gasteiger partial charge in [-0.3, -0.25) is 9.59 Å². The number of carbonyl (C=O) groups excluding carboxylic acids is 2. The average Bonchev–Trinajstić information content (AvgIpc) is 2.32. The van der Waals surface area contributed by atoms with Gasteiger partial charge in [-0.2, -0.15) is 0 Å². The molecule has 0 atom stereocenters. The number of ketones is 1. The Kier molecular flexibility index (Phi) is 5.08. The number of rotatable bonds is 5. The number of hydrogen-bond donors (Lipinski definition) is 0. The fourth-order valence-electron chi connectivity index (χ4n) is 1.68. The first-order chi connectivity index (χ1) is 8.41. The molecule has 3 nitrogen and oxygen atoms in total. The minimum atomic E-state index is 0.0721. The normalized spacial score (nSPS) is 10.2. The summed E-state index contributed by atoms with van der Waals surface area (Å²) in [4.78, 5) is 24.9. The molecular formula is C15H21NO2. The number of nitrogens with zero attached hydrogens (tertiary/aromatic N) is 1. The van der Waals surface area contributed by atoms with E-state index in [4.69, 9.17) is 0 Å². The third-order valence-electron chi connectivity index (χ3n) is 3.12. The molecule has 0 aliphatic heterocycles. The minimum Gasteiger partial charge on any atom is -0.349 e. The van der Waals surface area contributed by atoms with Crippen molar-refractivity contribution in [1.29, 1.82) is 0 Å². The first-order valence-electron chi connectivity index (χ1n) is 6.22. The monoisotopic (exact) mass is 247 g/mol. The van der Waals surface area contributed by atoms with Crippen molar-refractivity contribution in [2.75, 3.05) is 14.1 Å². The molecule has 0 spiro atoms. The summed E-state index contributed by atoms with van der Waals surface area (Å²) in [6, 6.07) is 5.75. The highest BCUT2D eigenvalue weighted by Gasteiger charge is 2.09. The van der Waals surface area contributed by atoms with Crippen LogP contribution >= 0.6 is 0 Å². The fraction of sp³-hybridized carbons (Fsp3) is 0.467. The van der Waals surface area contributed by atoms with Crippen LogP contribution in [0.25, 0.3) is 0 Å². The first kappa shape index (κ1) is 14.4. The number of Topliss-reactive ketones (excluding diaryl/α,β-unsaturated/α-hetero) is 1. The van der Waals surface area contributed by atoms with Gasteiger partial charge in [0.2, 0.25) is 5.91 Å². The minimum absolute atomic E-state index is 0.0721. The largest absolute Gasteiger partial charge is 0.349 e. The molecule has 98 valence electrons. The van der Waals surface area contributed by atoms with Gasteiger partial charge in [-0.05, 0) is 37.5 Å². The van der Waals surface area contributed by atoms with Crippen molar-refractivity contribution in [3.05, 3.63) is 34.9 Å². The molecular weight excluding hydrogens is 226 g/mol. The maximum absolute atomic E-state index is 11.9. The molecule has 1 aromatic rings. The second-order valence-electron chi connectivity index (χ2n) is 4.86. The molecule has 0 radical (unpaired) electrons. The average molecular weight is 247 g/mol. The van der Waals surface area contributed by atoms with Crippen LogP contribution in [0.1, 0.15) is 40.7 Å². The van der Waals surface area contributed by atoms with Crippen LogP contribution < -0.4 is 0 Å². The Morgan fingerprint density at radius 3 is 2.28 bits per heavy atom. The van der Waals surface area contributed by atoms with Crippen LogP contribution in [0.4, 0.5) is 0 Å². The van der Waals surface area contributed by atoms with E-state index in [0.29, 0.717) is 19.3 Å². The predicted octanol–water partition coefficient (Wildman–Crippen LogP) is 2.74. The zero-order valence-electron chi connectivity index (χ0n) is 11.6. The second kappa shape index (κ2) is 6.34. The van der Waals surface area contributed by atoms with E-state index in [2.05, 4.69) is 0 Å². The van der Waals surface area contributed by atoms with E-state index in [1.54, 1.807) is 19.0 Å². The lowest BCUT2D eigenvalue weighted by Crippen LogP contribution is -2.21. The molecule has 0 aromatic heterocycles. The molecule has 0 bridgehead atoms. The van der Waals surface area contributed by atoms with Crippen LogP contribution in [0, 0.1) is 13.8 Å². The van der Waals surface area contributed by atoms with Gasteiger partial charge < -0.3 is 4.90 Å². The van der Waals surface area contributed by atoms with Gasteiger partial charge in [0.1, 0.15) is 0 Å². The summed E-state index contributed by atoms with van der Waals surface area (Å²) in [6.07, 6.45) is 1.48. The smallest absolute Gasteiger partial charge is 0.222 e. The summed E-state index contributed by atoms with van der Waals surface area (Å²) < 4.78 is 0. The van der Waals surface area contributed by atoms with E-state index in [-0.39, 0.29) is 11.7 Å². The summed E-state index contributed by atoms with van der Waals surface area (Å²) in [5, 5.41) is 0. The van der Waals surface area contributed by atoms with Gasteiger partial charge in [-0.15, -0.1) is 0 Å². The number of carbonyl (C=O) groups is 2. The van der Waals surface area contributed by atoms with E-state index >= 15 is 0 Å². The Hall–Kier alpha value is -1.64. The molecule has 3 heteroatoms. The Balaban J connectivity index is 2.50. The van der Waals surface area contributed by atoms with Crippen molar-refractivity contribution in [2.24, 2.45) is 0 Å². The molecule has 1 rings (SSSR count). The number of benzene rings is 1. The second-order valence-corrected chi connectivity index (χ2v) is 4.86. The number of aryl methyl sites for hydroxylation is 2. The van der Waals surface area contributed by atoms with Gasteiger partial charge in [0, 0.05) is 32.5 Å². The van der Waals surface area contributed by atoms with Crippen molar-refractivity contribution in [1.82, 2.24) is 4.90 Å². The quantitative estimate of drug-likeness (QED) is 0.750. The van der Waals surface area contributed by atoms with E-state index < -0.39 is 0 Å². The lowest BCUT2D eigenvalue weighted by atomic mass is 10.0. The summed E-state index contributed by atoms with van der Waals surface area (Å²) in [5.41, 5.74) is 3.06. The first-order valence-corrected chi connectivity index (χ1v) is 6.22. The SMILES string of the molecule is Cc1ccc(C(=O)CCCC(=O)N(C)C)cc1C. The van der Waals surface area contributed by atoms with E-state index in [1.807, 2.05) is 32.0 Å². The molecule has 1 aromatic carbocycles. The summed E-state index contributed by atoms with van der Waals surface area (Å²) in [5.74, 6) is 0.188. The molecule has 1 amide bonds. The van der Waals surface area contributed by atoms with Crippen LogP contribution in [0.15, 0.2) is 18.2 Å². The van der Waals surface area contributed by atoms with E-state index in [9.17, 15) is 9.59 Å². The molecule has 0 unspecified atom stereocenters. The van der Waals surface area contributed by atoms with Gasteiger partial charge in [-0.1, -0.05) is 12.1 Å². The van der Waals surface area contributed by atoms with E-state index in [0.717, 1.165) is 11.1 Å². The lowest BCUT2D eigenvalue weighted by Gasteiger charge is -2.09. The fourth-order valence-corrected chi connectivity index (χ4v) is 1.68. The molecule has 0 saturated carbocycles. The molecule has 0 fully saturated rings. The highest BCUT2D eigenvalue weighted by Crippen LogP contribution is 2.13. The van der Waals surface area contributed by atoms with Crippen molar-refractivity contribution >= 4 is 11.7 Å². The molecule has 0 N–H and O–H groups in total. The van der Waals surface area contributed by atoms with Gasteiger partial charge in [0.05, 0.1) is 0 Å². The van der Waals surface area contributed by atoms with Crippen molar-refractivity contribution in [3.8, 4) is 0 Å². The van der Waals surface area contributed by atoms with Crippen LogP contribution in [0.5, 0.6) is 0 Å². The number of hydrogen-bond acceptors (Lipinski definition) is 2. The molecule has 18 heavy (non-hydrogen) atoms. The van der Waals surface area contributed by atoms with Gasteiger partial charge >= 0.3 is 0 Å². The topological polar surface area (TPSA) is 37.4 Å². The Bertz CT molecular complexity index is 450. The van der Waals surface area contributed by atoms with Gasteiger partial charge in [0.25, 0.3) is 0 Å². The van der Waals surface area contributed by atoms with Gasteiger partial charge in [-0.25, -0.2) is 0 Å². The van der Waals surface area contributed by atoms with Crippen LogP contribution in [-0.4, -0.2) is 30.7 Å². The standard InChI is InChI=1S/C15H21NO2/c1-11-8-9-13(10-12(11)2)14(17)6-5-7-15(18)16(3)4/h8-10H,5-7H2,1-4H3. The lowest BCUT2D eigenvalue weighted by molar-refractivity contribution is -0.128. The zero-order chi connectivity index (χ0) is 13.7. The van der Waals surface area contributed by atoms with Gasteiger partial charge in [0.15, 0.2) is 5.78 Å². The maximum atomic E-state index is 11.9. The Morgan fingerprint density at radius 1 is 1.06 bits per heavy atom. The highest BCUT2D eigenvalue weighted by atomic mass is 16.2. The maximum Gasteiger partial charge on any atom is 0.222 e. The Morgan fingerprint density at radius 2 is 1.72 bits per heavy atom. The van der Waals surface area contributed by atoms with Crippen molar-refractivity contribution < 1.29 is 9.59 Å². The molecule has 0 saturated heterocycles. The van der Waals surface area contributed by atoms with E-state index in [1.165, 1.54) is 5.56 Å². The van der Waals surface area contributed by atoms with Crippen LogP contribution in [-0.2, 0) is 4.79 Å². The summed E-state index contributed by atoms with van der Waals surface area (Å²) in [6.45, 7) is 4.03. The van der Waals surface area contributed by atoms with Crippen molar-refractivity contribution in [3.63, 3.8) is 0 Å². The third-order valence-corrected chi connectivity index (χ3v) is 3.12. The van der Waals surface area contributed by atoms with Crippen LogP contribution in [0.3, 0.4) is 0 Å². The van der Waals surface area contributed by atoms with Crippen molar-refractivity contribution in [2.45, 2.75) is 33.1 Å². The molecule has 0 aliphatic carbocycles. The van der Waals surface area contributed by atoms with Crippen LogP contribution in [0.2, 0.25) is 0 Å². The summed E-state index contributed by atoms with van der Waals surface area (Å²) in [7, 11) is 3.46. The third kappa shape index (κ3) is 3.99. The highest BCUT2D eigenvalue weighted by molar-refractivity contribution is 5.96. The summed E-state index contributed by atoms with van der Waals surface area (Å²) >= 11 is 0. The molecule has 0 heterocycles. The predicted molar refractivity (Wildman–Crippen MR) is 72.8 cm³/mol. The Labute approximate surface area is 109 Å².